The summed E-state index contributed by atoms with van der Waals surface area (Å²) in [6, 6.07) is 3.12. The van der Waals surface area contributed by atoms with Crippen molar-refractivity contribution in [3.8, 4) is 0 Å². The molecular weight excluding hydrogens is 287 g/mol. The van der Waals surface area contributed by atoms with Crippen LogP contribution in [0.5, 0.6) is 0 Å². The first-order valence-electron chi connectivity index (χ1n) is 6.14. The van der Waals surface area contributed by atoms with Gasteiger partial charge in [-0.3, -0.25) is 10.1 Å². The highest BCUT2D eigenvalue weighted by atomic mass is 32.2. The molecule has 1 aromatic carbocycles. The van der Waals surface area contributed by atoms with Crippen molar-refractivity contribution in [3.63, 3.8) is 0 Å². The molecule has 8 heteroatoms. The first-order chi connectivity index (χ1) is 9.18. The van der Waals surface area contributed by atoms with Crippen LogP contribution in [0, 0.1) is 15.9 Å². The van der Waals surface area contributed by atoms with Gasteiger partial charge in [-0.15, -0.1) is 0 Å². The molecule has 20 heavy (non-hydrogen) atoms. The van der Waals surface area contributed by atoms with Crippen LogP contribution >= 0.6 is 0 Å². The highest BCUT2D eigenvalue weighted by Gasteiger charge is 2.43. The summed E-state index contributed by atoms with van der Waals surface area (Å²) in [5.74, 6) is -1.15. The fourth-order valence-electron chi connectivity index (χ4n) is 2.53. The van der Waals surface area contributed by atoms with Crippen LogP contribution in [0.4, 0.5) is 10.1 Å². The predicted molar refractivity (Wildman–Crippen MR) is 70.3 cm³/mol. The molecule has 1 aliphatic rings. The van der Waals surface area contributed by atoms with Crippen molar-refractivity contribution < 1.29 is 17.7 Å². The summed E-state index contributed by atoms with van der Waals surface area (Å²) in [7, 11) is -4.09. The molecule has 0 aromatic heterocycles. The normalized spacial score (nSPS) is 19.1. The molecule has 0 saturated carbocycles. The fourth-order valence-corrected chi connectivity index (χ4v) is 4.54. The molecule has 0 N–H and O–H groups in total. The van der Waals surface area contributed by atoms with E-state index in [4.69, 9.17) is 0 Å². The van der Waals surface area contributed by atoms with E-state index in [1.54, 1.807) is 13.8 Å². The summed E-state index contributed by atoms with van der Waals surface area (Å²) in [6.07, 6.45) is 1.34. The van der Waals surface area contributed by atoms with Crippen LogP contribution in [0.2, 0.25) is 0 Å². The number of hydrogen-bond acceptors (Lipinski definition) is 4. The van der Waals surface area contributed by atoms with Crippen molar-refractivity contribution in [2.24, 2.45) is 0 Å². The van der Waals surface area contributed by atoms with Gasteiger partial charge in [0.2, 0.25) is 5.82 Å². The molecule has 1 fully saturated rings. The number of hydrogen-bond donors (Lipinski definition) is 0. The van der Waals surface area contributed by atoms with Gasteiger partial charge < -0.3 is 0 Å². The zero-order valence-electron chi connectivity index (χ0n) is 11.2. The Hall–Kier alpha value is -1.54. The largest absolute Gasteiger partial charge is 0.324 e. The zero-order chi connectivity index (χ0) is 15.1. The summed E-state index contributed by atoms with van der Waals surface area (Å²) >= 11 is 0. The lowest BCUT2D eigenvalue weighted by Gasteiger charge is -2.30. The second-order valence-electron chi connectivity index (χ2n) is 5.34. The van der Waals surface area contributed by atoms with E-state index in [-0.39, 0.29) is 6.54 Å². The minimum Gasteiger partial charge on any atom is -0.258 e. The maximum absolute atomic E-state index is 13.6. The summed E-state index contributed by atoms with van der Waals surface area (Å²) in [6.45, 7) is 3.79. The number of nitro benzene ring substituents is 1. The maximum atomic E-state index is 13.6. The molecule has 110 valence electrons. The van der Waals surface area contributed by atoms with E-state index in [1.165, 1.54) is 4.31 Å². The number of benzene rings is 1. The number of sulfonamides is 1. The Bertz CT molecular complexity index is 657. The lowest BCUT2D eigenvalue weighted by Crippen LogP contribution is -2.42. The van der Waals surface area contributed by atoms with E-state index in [0.29, 0.717) is 12.8 Å². The van der Waals surface area contributed by atoms with Crippen molar-refractivity contribution >= 4 is 15.7 Å². The molecule has 1 heterocycles. The minimum absolute atomic E-state index is 0.281. The average Bonchev–Trinajstić information content (AvgIpc) is 2.68. The molecular formula is C12H15FN2O4S. The first-order valence-corrected chi connectivity index (χ1v) is 7.58. The molecule has 1 aromatic rings. The molecule has 6 nitrogen and oxygen atoms in total. The zero-order valence-corrected chi connectivity index (χ0v) is 12.0. The third kappa shape index (κ3) is 2.29. The Labute approximate surface area is 116 Å². The van der Waals surface area contributed by atoms with Crippen molar-refractivity contribution in [2.45, 2.75) is 37.1 Å². The predicted octanol–water partition coefficient (Wildman–Crippen LogP) is 2.30. The van der Waals surface area contributed by atoms with E-state index in [1.807, 2.05) is 0 Å². The smallest absolute Gasteiger partial charge is 0.258 e. The second kappa shape index (κ2) is 4.78. The van der Waals surface area contributed by atoms with E-state index < -0.39 is 36.9 Å². The molecule has 0 spiro atoms. The summed E-state index contributed by atoms with van der Waals surface area (Å²) < 4.78 is 40.0. The first kappa shape index (κ1) is 14.9. The Morgan fingerprint density at radius 1 is 1.40 bits per heavy atom. The van der Waals surface area contributed by atoms with E-state index in [0.717, 1.165) is 18.2 Å². The Balaban J connectivity index is 2.62. The Kier molecular flexibility index (Phi) is 3.55. The lowest BCUT2D eigenvalue weighted by molar-refractivity contribution is -0.390. The van der Waals surface area contributed by atoms with Gasteiger partial charge in [-0.25, -0.2) is 8.42 Å². The molecule has 0 atom stereocenters. The maximum Gasteiger partial charge on any atom is 0.324 e. The van der Waals surface area contributed by atoms with E-state index >= 15 is 0 Å². The molecule has 1 aliphatic heterocycles. The van der Waals surface area contributed by atoms with Crippen LogP contribution in [0.3, 0.4) is 0 Å². The average molecular weight is 302 g/mol. The van der Waals surface area contributed by atoms with Crippen LogP contribution in [-0.4, -0.2) is 29.7 Å². The molecule has 1 saturated heterocycles. The van der Waals surface area contributed by atoms with Gasteiger partial charge in [0.1, 0.15) is 0 Å². The number of nitro groups is 1. The third-order valence-corrected chi connectivity index (χ3v) is 5.67. The van der Waals surface area contributed by atoms with Gasteiger partial charge in [0.25, 0.3) is 10.0 Å². The van der Waals surface area contributed by atoms with Crippen LogP contribution in [-0.2, 0) is 10.0 Å². The number of rotatable bonds is 3. The molecule has 0 bridgehead atoms. The highest BCUT2D eigenvalue weighted by Crippen LogP contribution is 2.37. The number of halogens is 1. The second-order valence-corrected chi connectivity index (χ2v) is 7.17. The third-order valence-electron chi connectivity index (χ3n) is 3.53. The van der Waals surface area contributed by atoms with Crippen LogP contribution in [0.1, 0.15) is 26.7 Å². The standard InChI is InChI=1S/C12H15FN2O4S/c1-12(2)7-4-8-14(12)20(18,19)10-6-3-5-9(13)11(10)15(16)17/h3,5-6H,4,7-8H2,1-2H3. The van der Waals surface area contributed by atoms with Gasteiger partial charge in [0, 0.05) is 12.1 Å². The summed E-state index contributed by atoms with van der Waals surface area (Å²) in [5.41, 5.74) is -1.62. The van der Waals surface area contributed by atoms with Crippen molar-refractivity contribution in [1.29, 1.82) is 0 Å². The summed E-state index contributed by atoms with van der Waals surface area (Å²) in [5, 5.41) is 10.9. The Morgan fingerprint density at radius 2 is 2.05 bits per heavy atom. The quantitative estimate of drug-likeness (QED) is 0.634. The van der Waals surface area contributed by atoms with Gasteiger partial charge in [-0.05, 0) is 38.8 Å². The lowest BCUT2D eigenvalue weighted by atomic mass is 10.0. The minimum atomic E-state index is -4.09. The van der Waals surface area contributed by atoms with E-state index in [9.17, 15) is 22.9 Å². The van der Waals surface area contributed by atoms with Crippen molar-refractivity contribution in [2.75, 3.05) is 6.54 Å². The van der Waals surface area contributed by atoms with Crippen molar-refractivity contribution in [3.05, 3.63) is 34.1 Å². The van der Waals surface area contributed by atoms with Gasteiger partial charge in [0.05, 0.1) is 4.92 Å². The van der Waals surface area contributed by atoms with Crippen LogP contribution < -0.4 is 0 Å². The summed E-state index contributed by atoms with van der Waals surface area (Å²) in [4.78, 5) is 9.37. The molecule has 0 unspecified atom stereocenters. The van der Waals surface area contributed by atoms with Gasteiger partial charge >= 0.3 is 5.69 Å². The topological polar surface area (TPSA) is 80.5 Å². The monoisotopic (exact) mass is 302 g/mol. The Morgan fingerprint density at radius 3 is 2.55 bits per heavy atom. The highest BCUT2D eigenvalue weighted by molar-refractivity contribution is 7.89. The van der Waals surface area contributed by atoms with E-state index in [2.05, 4.69) is 0 Å². The van der Waals surface area contributed by atoms with Gasteiger partial charge in [-0.2, -0.15) is 8.70 Å². The molecule has 0 aliphatic carbocycles. The molecule has 0 radical (unpaired) electrons. The molecule has 2 rings (SSSR count). The van der Waals surface area contributed by atoms with Gasteiger partial charge in [0.15, 0.2) is 4.90 Å². The SMILES string of the molecule is CC1(C)CCCN1S(=O)(=O)c1cccc(F)c1[N+](=O)[O-]. The number of nitrogens with zero attached hydrogens (tertiary/aromatic N) is 2. The van der Waals surface area contributed by atoms with Crippen LogP contribution in [0.15, 0.2) is 23.1 Å². The van der Waals surface area contributed by atoms with Crippen molar-refractivity contribution in [1.82, 2.24) is 4.31 Å². The van der Waals surface area contributed by atoms with Gasteiger partial charge in [-0.1, -0.05) is 6.07 Å². The molecule has 0 amide bonds. The van der Waals surface area contributed by atoms with Crippen LogP contribution in [0.25, 0.3) is 0 Å². The fraction of sp³-hybridized carbons (Fsp3) is 0.500. The number of para-hydroxylation sites is 1.